The number of likely N-dealkylation sites (tertiary alicyclic amines) is 1. The number of rotatable bonds is 4. The van der Waals surface area contributed by atoms with Crippen LogP contribution in [0.1, 0.15) is 12.8 Å². The predicted molar refractivity (Wildman–Crippen MR) is 63.3 cm³/mol. The number of hydrogen-bond donors (Lipinski definition) is 2. The maximum atomic E-state index is 11.8. The SMILES string of the molecule is C[C@@H]1CN(C(=O)NCCc2ncno2)C[C@H]1C(=O)O. The molecule has 1 aromatic rings. The maximum Gasteiger partial charge on any atom is 0.317 e. The van der Waals surface area contributed by atoms with E-state index in [4.69, 9.17) is 9.63 Å². The van der Waals surface area contributed by atoms with E-state index in [0.717, 1.165) is 0 Å². The number of aliphatic carboxylic acids is 1. The van der Waals surface area contributed by atoms with Crippen molar-refractivity contribution in [1.29, 1.82) is 0 Å². The molecule has 0 bridgehead atoms. The average Bonchev–Trinajstić information content (AvgIpc) is 2.98. The first-order valence-corrected chi connectivity index (χ1v) is 6.09. The molecule has 2 atom stereocenters. The fourth-order valence-electron chi connectivity index (χ4n) is 2.15. The molecule has 0 unspecified atom stereocenters. The van der Waals surface area contributed by atoms with Crippen LogP contribution in [0.4, 0.5) is 4.79 Å². The predicted octanol–water partition coefficient (Wildman–Crippen LogP) is -0.0258. The van der Waals surface area contributed by atoms with Crippen LogP contribution in [0.2, 0.25) is 0 Å². The third-order valence-corrected chi connectivity index (χ3v) is 3.24. The first kappa shape index (κ1) is 13.3. The van der Waals surface area contributed by atoms with Gasteiger partial charge in [-0.25, -0.2) is 4.79 Å². The van der Waals surface area contributed by atoms with Crippen molar-refractivity contribution in [3.05, 3.63) is 12.2 Å². The van der Waals surface area contributed by atoms with E-state index in [2.05, 4.69) is 15.5 Å². The molecule has 1 aromatic heterocycles. The Morgan fingerprint density at radius 2 is 2.37 bits per heavy atom. The molecule has 2 rings (SSSR count). The topological polar surface area (TPSA) is 109 Å². The van der Waals surface area contributed by atoms with Gasteiger partial charge >= 0.3 is 12.0 Å². The van der Waals surface area contributed by atoms with Crippen LogP contribution in [-0.2, 0) is 11.2 Å². The molecule has 0 radical (unpaired) electrons. The highest BCUT2D eigenvalue weighted by Crippen LogP contribution is 2.22. The minimum absolute atomic E-state index is 0.0285. The summed E-state index contributed by atoms with van der Waals surface area (Å²) >= 11 is 0. The van der Waals surface area contributed by atoms with E-state index in [-0.39, 0.29) is 18.5 Å². The number of nitrogens with one attached hydrogen (secondary N) is 1. The van der Waals surface area contributed by atoms with E-state index < -0.39 is 11.9 Å². The van der Waals surface area contributed by atoms with Gasteiger partial charge in [0.2, 0.25) is 5.89 Å². The standard InChI is InChI=1S/C11H16N4O4/c1-7-4-15(5-8(7)10(16)17)11(18)12-3-2-9-13-6-14-19-9/h6-8H,2-5H2,1H3,(H,12,18)(H,16,17)/t7-,8-/m1/s1. The summed E-state index contributed by atoms with van der Waals surface area (Å²) < 4.78 is 4.80. The summed E-state index contributed by atoms with van der Waals surface area (Å²) in [5, 5.41) is 15.2. The van der Waals surface area contributed by atoms with Gasteiger partial charge < -0.3 is 19.8 Å². The molecule has 104 valence electrons. The number of hydrogen-bond acceptors (Lipinski definition) is 5. The van der Waals surface area contributed by atoms with Gasteiger partial charge in [-0.2, -0.15) is 4.98 Å². The summed E-state index contributed by atoms with van der Waals surface area (Å²) in [6, 6.07) is -0.255. The number of carbonyl (C=O) groups excluding carboxylic acids is 1. The van der Waals surface area contributed by atoms with Gasteiger partial charge in [0.25, 0.3) is 0 Å². The zero-order chi connectivity index (χ0) is 13.8. The third-order valence-electron chi connectivity index (χ3n) is 3.24. The smallest absolute Gasteiger partial charge is 0.317 e. The monoisotopic (exact) mass is 268 g/mol. The van der Waals surface area contributed by atoms with Crippen molar-refractivity contribution >= 4 is 12.0 Å². The summed E-state index contributed by atoms with van der Waals surface area (Å²) in [6.07, 6.45) is 1.76. The zero-order valence-electron chi connectivity index (χ0n) is 10.6. The summed E-state index contributed by atoms with van der Waals surface area (Å²) in [7, 11) is 0. The highest BCUT2D eigenvalue weighted by atomic mass is 16.5. The van der Waals surface area contributed by atoms with Crippen LogP contribution < -0.4 is 5.32 Å². The van der Waals surface area contributed by atoms with Crippen LogP contribution in [-0.4, -0.2) is 51.8 Å². The lowest BCUT2D eigenvalue weighted by atomic mass is 9.99. The van der Waals surface area contributed by atoms with Crippen LogP contribution in [0.5, 0.6) is 0 Å². The summed E-state index contributed by atoms with van der Waals surface area (Å²) in [6.45, 7) is 2.93. The molecule has 8 nitrogen and oxygen atoms in total. The molecule has 1 aliphatic heterocycles. The van der Waals surface area contributed by atoms with Crippen molar-refractivity contribution in [3.63, 3.8) is 0 Å². The second kappa shape index (κ2) is 5.68. The van der Waals surface area contributed by atoms with E-state index in [0.29, 0.717) is 25.4 Å². The first-order valence-electron chi connectivity index (χ1n) is 6.09. The highest BCUT2D eigenvalue weighted by molar-refractivity contribution is 5.77. The number of amides is 2. The molecule has 1 saturated heterocycles. The fourth-order valence-corrected chi connectivity index (χ4v) is 2.15. The van der Waals surface area contributed by atoms with Gasteiger partial charge in [-0.05, 0) is 5.92 Å². The summed E-state index contributed by atoms with van der Waals surface area (Å²) in [5.41, 5.74) is 0. The fraction of sp³-hybridized carbons (Fsp3) is 0.636. The molecule has 0 spiro atoms. The highest BCUT2D eigenvalue weighted by Gasteiger charge is 2.36. The zero-order valence-corrected chi connectivity index (χ0v) is 10.6. The molecular weight excluding hydrogens is 252 g/mol. The molecule has 0 saturated carbocycles. The Labute approximate surface area is 109 Å². The van der Waals surface area contributed by atoms with Crippen LogP contribution in [0, 0.1) is 11.8 Å². The number of nitrogens with zero attached hydrogens (tertiary/aromatic N) is 3. The molecule has 8 heteroatoms. The van der Waals surface area contributed by atoms with Gasteiger partial charge in [0.15, 0.2) is 6.33 Å². The third kappa shape index (κ3) is 3.21. The minimum Gasteiger partial charge on any atom is -0.481 e. The maximum absolute atomic E-state index is 11.8. The van der Waals surface area contributed by atoms with Crippen molar-refractivity contribution < 1.29 is 19.2 Å². The lowest BCUT2D eigenvalue weighted by Crippen LogP contribution is -2.39. The normalized spacial score (nSPS) is 22.5. The molecule has 1 aliphatic rings. The van der Waals surface area contributed by atoms with Crippen LogP contribution in [0.15, 0.2) is 10.9 Å². The van der Waals surface area contributed by atoms with E-state index in [9.17, 15) is 9.59 Å². The number of carbonyl (C=O) groups is 2. The molecular formula is C11H16N4O4. The number of aromatic nitrogens is 2. The lowest BCUT2D eigenvalue weighted by Gasteiger charge is -2.16. The van der Waals surface area contributed by atoms with Crippen molar-refractivity contribution in [1.82, 2.24) is 20.4 Å². The van der Waals surface area contributed by atoms with Crippen LogP contribution in [0.3, 0.4) is 0 Å². The number of urea groups is 1. The van der Waals surface area contributed by atoms with Gasteiger partial charge in [-0.15, -0.1) is 0 Å². The van der Waals surface area contributed by atoms with E-state index in [1.54, 1.807) is 0 Å². The second-order valence-electron chi connectivity index (χ2n) is 4.64. The minimum atomic E-state index is -0.853. The molecule has 2 amide bonds. The largest absolute Gasteiger partial charge is 0.481 e. The summed E-state index contributed by atoms with van der Waals surface area (Å²) in [5.74, 6) is -0.909. The molecule has 1 fully saturated rings. The van der Waals surface area contributed by atoms with Gasteiger partial charge in [0.05, 0.1) is 5.92 Å². The molecule has 19 heavy (non-hydrogen) atoms. The Morgan fingerprint density at radius 3 is 2.95 bits per heavy atom. The Morgan fingerprint density at radius 1 is 1.58 bits per heavy atom. The van der Waals surface area contributed by atoms with Gasteiger partial charge in [0, 0.05) is 26.1 Å². The Hall–Kier alpha value is -2.12. The summed E-state index contributed by atoms with van der Waals surface area (Å²) in [4.78, 5) is 28.2. The van der Waals surface area contributed by atoms with Gasteiger partial charge in [-0.3, -0.25) is 4.79 Å². The van der Waals surface area contributed by atoms with E-state index >= 15 is 0 Å². The average molecular weight is 268 g/mol. The van der Waals surface area contributed by atoms with Crippen molar-refractivity contribution in [2.45, 2.75) is 13.3 Å². The Kier molecular flexibility index (Phi) is 3.98. The van der Waals surface area contributed by atoms with Crippen molar-refractivity contribution in [3.8, 4) is 0 Å². The van der Waals surface area contributed by atoms with Crippen LogP contribution in [0.25, 0.3) is 0 Å². The number of carboxylic acid groups (broad SMARTS) is 1. The van der Waals surface area contributed by atoms with Gasteiger partial charge in [0.1, 0.15) is 0 Å². The van der Waals surface area contributed by atoms with Crippen LogP contribution >= 0.6 is 0 Å². The molecule has 0 aliphatic carbocycles. The Bertz CT molecular complexity index is 448. The van der Waals surface area contributed by atoms with Crippen molar-refractivity contribution in [2.24, 2.45) is 11.8 Å². The lowest BCUT2D eigenvalue weighted by molar-refractivity contribution is -0.142. The van der Waals surface area contributed by atoms with Crippen molar-refractivity contribution in [2.75, 3.05) is 19.6 Å². The van der Waals surface area contributed by atoms with E-state index in [1.165, 1.54) is 11.2 Å². The first-order chi connectivity index (χ1) is 9.08. The molecule has 2 heterocycles. The Balaban J connectivity index is 1.76. The second-order valence-corrected chi connectivity index (χ2v) is 4.64. The molecule has 2 N–H and O–H groups in total. The van der Waals surface area contributed by atoms with E-state index in [1.807, 2.05) is 6.92 Å². The quantitative estimate of drug-likeness (QED) is 0.794. The van der Waals surface area contributed by atoms with Gasteiger partial charge in [-0.1, -0.05) is 12.1 Å². The number of carboxylic acids is 1. The molecule has 0 aromatic carbocycles.